The second-order valence-electron chi connectivity index (χ2n) is 22.2. The Morgan fingerprint density at radius 1 is 0.210 bits per heavy atom. The van der Waals surface area contributed by atoms with Crippen molar-refractivity contribution in [2.45, 2.75) is 0 Å². The lowest BCUT2D eigenvalue weighted by atomic mass is 9.33. The quantitative estimate of drug-likeness (QED) is 0.130. The van der Waals surface area contributed by atoms with Crippen LogP contribution in [-0.2, 0) is 0 Å². The van der Waals surface area contributed by atoms with E-state index in [9.17, 15) is 0 Å². The van der Waals surface area contributed by atoms with Crippen LogP contribution in [0.5, 0.6) is 34.5 Å². The van der Waals surface area contributed by atoms with Crippen LogP contribution >= 0.6 is 0 Å². The number of fused-ring (bicyclic) bond motifs is 18. The first-order valence-electron chi connectivity index (χ1n) is 28.0. The fraction of sp³-hybridized carbons (Fsp3) is 0. The van der Waals surface area contributed by atoms with Gasteiger partial charge in [-0.1, -0.05) is 146 Å². The van der Waals surface area contributed by atoms with Crippen LogP contribution < -0.4 is 78.1 Å². The molecule has 0 amide bonds. The van der Waals surface area contributed by atoms with Gasteiger partial charge in [-0.05, 0) is 191 Å². The SMILES string of the molecule is c1ccc(N2c3ccccc3B3c4cc5c(cc4Oc4cccc2c43)c2cc3c(cc2c2cc4c(cc52)Oc2cccc5c2B4c2ccccc2N5c2ccccc2)B2c4ccccc4N(c4ccccc4)c4cccc(c42)O3)cc1. The van der Waals surface area contributed by atoms with Crippen molar-refractivity contribution in [2.24, 2.45) is 0 Å². The Morgan fingerprint density at radius 3 is 0.778 bits per heavy atom. The summed E-state index contributed by atoms with van der Waals surface area (Å²) < 4.78 is 21.8. The molecule has 9 heteroatoms. The highest BCUT2D eigenvalue weighted by Crippen LogP contribution is 2.48. The third kappa shape index (κ3) is 5.89. The number of anilines is 9. The molecule has 0 fully saturated rings. The van der Waals surface area contributed by atoms with Crippen molar-refractivity contribution in [3.8, 4) is 34.5 Å². The molecule has 0 spiro atoms. The maximum Gasteiger partial charge on any atom is 0.256 e. The number of ether oxygens (including phenoxy) is 3. The fourth-order valence-corrected chi connectivity index (χ4v) is 14.9. The molecule has 0 radical (unpaired) electrons. The van der Waals surface area contributed by atoms with Crippen molar-refractivity contribution in [2.75, 3.05) is 14.7 Å². The van der Waals surface area contributed by atoms with E-state index in [4.69, 9.17) is 14.2 Å². The number of benzene rings is 13. The van der Waals surface area contributed by atoms with Gasteiger partial charge in [-0.3, -0.25) is 0 Å². The first kappa shape index (κ1) is 43.6. The van der Waals surface area contributed by atoms with Gasteiger partial charge in [-0.15, -0.1) is 0 Å². The predicted octanol–water partition coefficient (Wildman–Crippen LogP) is 12.4. The summed E-state index contributed by atoms with van der Waals surface area (Å²) in [4.78, 5) is 7.20. The van der Waals surface area contributed by atoms with Crippen LogP contribution in [0.2, 0.25) is 0 Å². The van der Waals surface area contributed by atoms with Gasteiger partial charge in [0, 0.05) is 51.2 Å². The van der Waals surface area contributed by atoms with Crippen molar-refractivity contribution >= 4 is 153 Å². The van der Waals surface area contributed by atoms with Crippen LogP contribution in [-0.4, -0.2) is 20.1 Å². The Bertz CT molecular complexity index is 4920. The predicted molar refractivity (Wildman–Crippen MR) is 337 cm³/mol. The largest absolute Gasteiger partial charge is 0.458 e. The van der Waals surface area contributed by atoms with Crippen molar-refractivity contribution < 1.29 is 14.2 Å². The maximum absolute atomic E-state index is 7.31. The van der Waals surface area contributed by atoms with Gasteiger partial charge < -0.3 is 28.9 Å². The highest BCUT2D eigenvalue weighted by molar-refractivity contribution is 7.01. The molecule has 19 rings (SSSR count). The minimum atomic E-state index is -0.0889. The lowest BCUT2D eigenvalue weighted by Crippen LogP contribution is -2.59. The summed E-state index contributed by atoms with van der Waals surface area (Å²) in [6.45, 7) is -0.264. The van der Waals surface area contributed by atoms with Crippen molar-refractivity contribution in [3.63, 3.8) is 0 Å². The third-order valence-electron chi connectivity index (χ3n) is 18.1. The average Bonchev–Trinajstić information content (AvgIpc) is 3.63. The minimum absolute atomic E-state index is 0.0869. The van der Waals surface area contributed by atoms with Crippen LogP contribution in [0, 0.1) is 0 Å². The maximum atomic E-state index is 7.31. The fourth-order valence-electron chi connectivity index (χ4n) is 14.9. The molecule has 0 atom stereocenters. The van der Waals surface area contributed by atoms with Gasteiger partial charge in [-0.25, -0.2) is 0 Å². The lowest BCUT2D eigenvalue weighted by molar-refractivity contribution is 0.487. The molecule has 0 N–H and O–H groups in total. The first-order chi connectivity index (χ1) is 40.2. The van der Waals surface area contributed by atoms with Crippen LogP contribution in [0.25, 0.3) is 32.3 Å². The molecule has 0 bridgehead atoms. The Morgan fingerprint density at radius 2 is 0.469 bits per heavy atom. The molecule has 6 heterocycles. The van der Waals surface area contributed by atoms with Gasteiger partial charge in [0.1, 0.15) is 34.5 Å². The van der Waals surface area contributed by atoms with Crippen LogP contribution in [0.3, 0.4) is 0 Å². The standard InChI is InChI=1S/C72H42B3N3O3/c1-4-19-43(20-5-1)76-58-28-13-10-25-52(58)73-55-37-46-47-38-56-68(80-65-35-17-32-62-71(65)74(56)53-26-11-14-29-59(53)77(62)44-21-6-2-7-22-44)41-50(47)51-42-69-57(39-48(51)49(46)40-67(55)79-64-34-16-31-61(76)70(64)73)75-54-27-12-15-30-60(54)78(45-23-8-3-9-24-45)63-33-18-36-66(81-69)72(63)75/h1-42H. The van der Waals surface area contributed by atoms with E-state index in [-0.39, 0.29) is 20.1 Å². The molecule has 0 aliphatic carbocycles. The number of rotatable bonds is 3. The highest BCUT2D eigenvalue weighted by Gasteiger charge is 2.46. The Kier molecular flexibility index (Phi) is 8.68. The molecule has 372 valence electrons. The third-order valence-corrected chi connectivity index (χ3v) is 18.1. The van der Waals surface area contributed by atoms with Crippen molar-refractivity contribution in [1.29, 1.82) is 0 Å². The highest BCUT2D eigenvalue weighted by atomic mass is 16.5. The number of para-hydroxylation sites is 6. The molecule has 0 aromatic heterocycles. The number of hydrogen-bond donors (Lipinski definition) is 0. The smallest absolute Gasteiger partial charge is 0.256 e. The summed E-state index contributed by atoms with van der Waals surface area (Å²) in [6, 6.07) is 92.9. The van der Waals surface area contributed by atoms with E-state index in [0.717, 1.165) is 123 Å². The van der Waals surface area contributed by atoms with Crippen molar-refractivity contribution in [1.82, 2.24) is 0 Å². The Labute approximate surface area is 468 Å². The zero-order valence-electron chi connectivity index (χ0n) is 43.5. The first-order valence-corrected chi connectivity index (χ1v) is 28.0. The van der Waals surface area contributed by atoms with Crippen LogP contribution in [0.15, 0.2) is 255 Å². The van der Waals surface area contributed by atoms with Crippen molar-refractivity contribution in [3.05, 3.63) is 255 Å². The number of nitrogens with zero attached hydrogens (tertiary/aromatic N) is 3. The van der Waals surface area contributed by atoms with E-state index in [2.05, 4.69) is 269 Å². The van der Waals surface area contributed by atoms with Gasteiger partial charge in [0.25, 0.3) is 20.1 Å². The zero-order valence-corrected chi connectivity index (χ0v) is 43.5. The molecule has 81 heavy (non-hydrogen) atoms. The lowest BCUT2D eigenvalue weighted by Gasteiger charge is -2.40. The topological polar surface area (TPSA) is 37.4 Å². The summed E-state index contributed by atoms with van der Waals surface area (Å²) in [6.07, 6.45) is 0. The van der Waals surface area contributed by atoms with E-state index in [0.29, 0.717) is 0 Å². The van der Waals surface area contributed by atoms with E-state index in [1.54, 1.807) is 0 Å². The molecule has 13 aromatic rings. The summed E-state index contributed by atoms with van der Waals surface area (Å²) in [5, 5.41) is 6.77. The molecule has 6 aliphatic rings. The molecule has 6 aliphatic heterocycles. The summed E-state index contributed by atoms with van der Waals surface area (Å²) in [5.74, 6) is 5.21. The monoisotopic (exact) mass is 1030 g/mol. The van der Waals surface area contributed by atoms with E-state index < -0.39 is 0 Å². The van der Waals surface area contributed by atoms with Gasteiger partial charge in [0.15, 0.2) is 0 Å². The summed E-state index contributed by atoms with van der Waals surface area (Å²) in [7, 11) is 0. The average molecular weight is 1030 g/mol. The number of hydrogen-bond acceptors (Lipinski definition) is 6. The normalized spacial score (nSPS) is 14.1. The van der Waals surface area contributed by atoms with Crippen LogP contribution in [0.1, 0.15) is 0 Å². The molecule has 0 saturated heterocycles. The summed E-state index contributed by atoms with van der Waals surface area (Å²) >= 11 is 0. The van der Waals surface area contributed by atoms with Gasteiger partial charge in [0.05, 0.1) is 0 Å². The van der Waals surface area contributed by atoms with Gasteiger partial charge in [0.2, 0.25) is 0 Å². The molecular weight excluding hydrogens is 987 g/mol. The van der Waals surface area contributed by atoms with E-state index in [1.165, 1.54) is 44.2 Å². The molecule has 0 unspecified atom stereocenters. The molecule has 0 saturated carbocycles. The van der Waals surface area contributed by atoms with E-state index >= 15 is 0 Å². The Hall–Kier alpha value is -10.4. The van der Waals surface area contributed by atoms with Crippen LogP contribution in [0.4, 0.5) is 51.2 Å². The molecule has 6 nitrogen and oxygen atoms in total. The van der Waals surface area contributed by atoms with Gasteiger partial charge >= 0.3 is 0 Å². The minimum Gasteiger partial charge on any atom is -0.458 e. The molecular formula is C72H42B3N3O3. The Balaban J connectivity index is 0.893. The summed E-state index contributed by atoms with van der Waals surface area (Å²) in [5.41, 5.74) is 20.9. The second-order valence-corrected chi connectivity index (χ2v) is 22.2. The molecule has 13 aromatic carbocycles. The second kappa shape index (κ2) is 16.1. The zero-order chi connectivity index (χ0) is 52.6. The van der Waals surface area contributed by atoms with Gasteiger partial charge in [-0.2, -0.15) is 0 Å². The van der Waals surface area contributed by atoms with E-state index in [1.807, 2.05) is 0 Å².